The van der Waals surface area contributed by atoms with Crippen LogP contribution in [0.15, 0.2) is 30.4 Å². The molecule has 8 heavy (non-hydrogen) atoms. The predicted molar refractivity (Wildman–Crippen MR) is 35.3 cm³/mol. The normalized spacial score (nSPS) is 30.0. The second-order valence-electron chi connectivity index (χ2n) is 1.74. The molecule has 0 nitrogen and oxygen atoms in total. The van der Waals surface area contributed by atoms with Gasteiger partial charge in [-0.05, 0) is 18.9 Å². The molecule has 1 aliphatic carbocycles. The lowest BCUT2D eigenvalue weighted by atomic mass is 10.2. The van der Waals surface area contributed by atoms with Crippen molar-refractivity contribution in [2.45, 2.75) is 12.8 Å². The molecule has 0 heterocycles. The maximum absolute atomic E-state index is 2.99. The number of allylic oxidation sites excluding steroid dienone is 6. The van der Waals surface area contributed by atoms with E-state index < -0.39 is 0 Å². The van der Waals surface area contributed by atoms with E-state index in [-0.39, 0.29) is 0 Å². The molecule has 0 aromatic rings. The summed E-state index contributed by atoms with van der Waals surface area (Å²) in [7, 11) is 0. The predicted octanol–water partition coefficient (Wildman–Crippen LogP) is 2.25. The minimum absolute atomic E-state index is 1.15. The molecule has 0 aromatic heterocycles. The van der Waals surface area contributed by atoms with Crippen molar-refractivity contribution in [1.29, 1.82) is 0 Å². The van der Waals surface area contributed by atoms with Crippen LogP contribution < -0.4 is 0 Å². The third kappa shape index (κ3) is 1.78. The van der Waals surface area contributed by atoms with Gasteiger partial charge in [-0.3, -0.25) is 0 Å². The Balaban J connectivity index is 2.51. The molecule has 0 bridgehead atoms. The zero-order chi connectivity index (χ0) is 5.66. The first-order valence-electron chi connectivity index (χ1n) is 2.89. The van der Waals surface area contributed by atoms with E-state index in [1.165, 1.54) is 0 Å². The smallest absolute Gasteiger partial charge is 0.0187 e. The number of hydrogen-bond acceptors (Lipinski definition) is 0. The average Bonchev–Trinajstić information content (AvgIpc) is 1.62. The van der Waals surface area contributed by atoms with E-state index in [4.69, 9.17) is 0 Å². The third-order valence-corrected chi connectivity index (χ3v) is 1.04. The van der Waals surface area contributed by atoms with Crippen LogP contribution in [0.2, 0.25) is 0 Å². The van der Waals surface area contributed by atoms with Gasteiger partial charge in [0.15, 0.2) is 0 Å². The van der Waals surface area contributed by atoms with Crippen LogP contribution in [0.25, 0.3) is 0 Å². The largest absolute Gasteiger partial charge is 0.0842 e. The summed E-state index contributed by atoms with van der Waals surface area (Å²) in [4.78, 5) is 0. The van der Waals surface area contributed by atoms with Crippen LogP contribution in [0.1, 0.15) is 12.8 Å². The number of rotatable bonds is 0. The molecule has 0 fully saturated rings. The van der Waals surface area contributed by atoms with Gasteiger partial charge in [0.25, 0.3) is 0 Å². The molecule has 0 saturated carbocycles. The van der Waals surface area contributed by atoms with Gasteiger partial charge in [0.2, 0.25) is 0 Å². The fourth-order valence-corrected chi connectivity index (χ4v) is 0.619. The fourth-order valence-electron chi connectivity index (χ4n) is 0.619. The van der Waals surface area contributed by atoms with Crippen molar-refractivity contribution in [1.82, 2.24) is 0 Å². The first-order valence-corrected chi connectivity index (χ1v) is 2.89. The summed E-state index contributed by atoms with van der Waals surface area (Å²) in [5.41, 5.74) is 0. The minimum Gasteiger partial charge on any atom is -0.0842 e. The van der Waals surface area contributed by atoms with E-state index in [2.05, 4.69) is 18.2 Å². The molecule has 0 amide bonds. The van der Waals surface area contributed by atoms with Crippen molar-refractivity contribution in [2.24, 2.45) is 0 Å². The van der Waals surface area contributed by atoms with Gasteiger partial charge in [-0.2, -0.15) is 0 Å². The Kier molecular flexibility index (Phi) is 2.18. The molecule has 0 saturated heterocycles. The van der Waals surface area contributed by atoms with Crippen molar-refractivity contribution in [3.63, 3.8) is 0 Å². The molecule has 0 heteroatoms. The summed E-state index contributed by atoms with van der Waals surface area (Å²) in [5, 5.41) is 0. The summed E-state index contributed by atoms with van der Waals surface area (Å²) < 4.78 is 0. The lowest BCUT2D eigenvalue weighted by molar-refractivity contribution is 1.05. The zero-order valence-corrected chi connectivity index (χ0v) is 4.80. The minimum atomic E-state index is 1.15. The first kappa shape index (κ1) is 5.36. The summed E-state index contributed by atoms with van der Waals surface area (Å²) in [6.45, 7) is 0. The van der Waals surface area contributed by atoms with Gasteiger partial charge in [0, 0.05) is 0 Å². The van der Waals surface area contributed by atoms with Crippen LogP contribution in [-0.2, 0) is 0 Å². The Hall–Kier alpha value is -0.780. The third-order valence-electron chi connectivity index (χ3n) is 1.04. The van der Waals surface area contributed by atoms with Crippen LogP contribution in [0, 0.1) is 6.08 Å². The SMILES string of the molecule is [C]1=C\C=C/CC\C=C/1. The molecule has 1 rings (SSSR count). The Morgan fingerprint density at radius 3 is 3.00 bits per heavy atom. The van der Waals surface area contributed by atoms with Crippen molar-refractivity contribution >= 4 is 0 Å². The van der Waals surface area contributed by atoms with Gasteiger partial charge >= 0.3 is 0 Å². The molecule has 1 aliphatic rings. The highest BCUT2D eigenvalue weighted by molar-refractivity contribution is 5.08. The Morgan fingerprint density at radius 2 is 2.00 bits per heavy atom. The lowest BCUT2D eigenvalue weighted by Crippen LogP contribution is -1.66. The van der Waals surface area contributed by atoms with Crippen LogP contribution in [0.5, 0.6) is 0 Å². The molecule has 0 N–H and O–H groups in total. The summed E-state index contributed by atoms with van der Waals surface area (Å²) in [6.07, 6.45) is 15.5. The first-order chi connectivity index (χ1) is 4.00. The maximum Gasteiger partial charge on any atom is -0.0187 e. The summed E-state index contributed by atoms with van der Waals surface area (Å²) >= 11 is 0. The number of hydrogen-bond donors (Lipinski definition) is 0. The fraction of sp³-hybridized carbons (Fsp3) is 0.250. The van der Waals surface area contributed by atoms with Gasteiger partial charge in [-0.15, -0.1) is 0 Å². The van der Waals surface area contributed by atoms with Crippen LogP contribution in [0.4, 0.5) is 0 Å². The highest BCUT2D eigenvalue weighted by Crippen LogP contribution is 1.95. The highest BCUT2D eigenvalue weighted by Gasteiger charge is 1.76. The molecular weight excluding hydrogens is 96.1 g/mol. The van der Waals surface area contributed by atoms with Gasteiger partial charge in [-0.1, -0.05) is 30.4 Å². The van der Waals surface area contributed by atoms with Gasteiger partial charge in [0.05, 0.1) is 0 Å². The van der Waals surface area contributed by atoms with Gasteiger partial charge < -0.3 is 0 Å². The van der Waals surface area contributed by atoms with E-state index in [9.17, 15) is 0 Å². The van der Waals surface area contributed by atoms with E-state index in [0.717, 1.165) is 12.8 Å². The average molecular weight is 105 g/mol. The Bertz CT molecular complexity index is 111. The molecule has 0 aromatic carbocycles. The second kappa shape index (κ2) is 3.25. The van der Waals surface area contributed by atoms with E-state index in [1.54, 1.807) is 0 Å². The van der Waals surface area contributed by atoms with Crippen LogP contribution in [0.3, 0.4) is 0 Å². The standard InChI is InChI=1S/C8H9/c1-2-4-6-8-7-5-3-1/h1-3,7-8H,4,6H2/b2-1-,5-3?,8-7-. The lowest BCUT2D eigenvalue weighted by Gasteiger charge is -1.85. The second-order valence-corrected chi connectivity index (χ2v) is 1.74. The molecule has 0 spiro atoms. The van der Waals surface area contributed by atoms with Gasteiger partial charge in [0.1, 0.15) is 0 Å². The van der Waals surface area contributed by atoms with E-state index in [0.29, 0.717) is 0 Å². The molecule has 0 unspecified atom stereocenters. The monoisotopic (exact) mass is 105 g/mol. The maximum atomic E-state index is 2.99. The molecule has 1 radical (unpaired) electrons. The molecule has 0 aliphatic heterocycles. The summed E-state index contributed by atoms with van der Waals surface area (Å²) in [6, 6.07) is 0. The van der Waals surface area contributed by atoms with E-state index >= 15 is 0 Å². The molecule has 41 valence electrons. The molecular formula is C8H9. The van der Waals surface area contributed by atoms with Crippen molar-refractivity contribution in [3.05, 3.63) is 36.5 Å². The quantitative estimate of drug-likeness (QED) is 0.443. The molecule has 0 atom stereocenters. The van der Waals surface area contributed by atoms with Crippen molar-refractivity contribution < 1.29 is 0 Å². The Labute approximate surface area is 50.2 Å². The Morgan fingerprint density at radius 1 is 1.12 bits per heavy atom. The van der Waals surface area contributed by atoms with Crippen molar-refractivity contribution in [2.75, 3.05) is 0 Å². The van der Waals surface area contributed by atoms with Crippen molar-refractivity contribution in [3.8, 4) is 0 Å². The van der Waals surface area contributed by atoms with E-state index in [1.807, 2.05) is 18.2 Å². The zero-order valence-electron chi connectivity index (χ0n) is 4.80. The summed E-state index contributed by atoms with van der Waals surface area (Å²) in [5.74, 6) is 0. The topological polar surface area (TPSA) is 0 Å². The highest BCUT2D eigenvalue weighted by atomic mass is 13.8. The van der Waals surface area contributed by atoms with Crippen LogP contribution in [-0.4, -0.2) is 0 Å². The van der Waals surface area contributed by atoms with Crippen LogP contribution >= 0.6 is 0 Å². The van der Waals surface area contributed by atoms with Gasteiger partial charge in [-0.25, -0.2) is 0 Å².